The highest BCUT2D eigenvalue weighted by Crippen LogP contribution is 2.47. The number of aromatic nitrogens is 3. The molecule has 0 unspecified atom stereocenters. The number of benzene rings is 6. The summed E-state index contributed by atoms with van der Waals surface area (Å²) in [4.78, 5) is 135. The number of nitrogens with two attached hydrogens (primary N) is 1. The van der Waals surface area contributed by atoms with Gasteiger partial charge in [-0.15, -0.1) is 35.1 Å². The maximum absolute atomic E-state index is 15.0. The zero-order valence-corrected chi connectivity index (χ0v) is 66.6. The number of rotatable bonds is 28. The zero-order valence-electron chi connectivity index (χ0n) is 64.2. The van der Waals surface area contributed by atoms with E-state index < -0.39 is 48.2 Å². The summed E-state index contributed by atoms with van der Waals surface area (Å²) in [5.41, 5.74) is 13.2. The van der Waals surface area contributed by atoms with E-state index in [1.807, 2.05) is 87.5 Å². The number of primary amides is 1. The number of morpholine rings is 1. The minimum atomic E-state index is -1.04. The predicted molar refractivity (Wildman–Crippen MR) is 445 cm³/mol. The van der Waals surface area contributed by atoms with E-state index in [1.165, 1.54) is 4.90 Å². The van der Waals surface area contributed by atoms with E-state index >= 15 is 0 Å². The average molecular weight is 1610 g/mol. The van der Waals surface area contributed by atoms with Crippen molar-refractivity contribution in [3.05, 3.63) is 207 Å². The normalized spacial score (nSPS) is 18.8. The van der Waals surface area contributed by atoms with Gasteiger partial charge in [0.2, 0.25) is 11.8 Å². The van der Waals surface area contributed by atoms with Crippen molar-refractivity contribution in [3.8, 4) is 11.5 Å². The van der Waals surface area contributed by atoms with E-state index in [2.05, 4.69) is 60.0 Å². The first kappa shape index (κ1) is 81.2. The van der Waals surface area contributed by atoms with Crippen LogP contribution in [0.5, 0.6) is 11.5 Å². The lowest BCUT2D eigenvalue weighted by Crippen LogP contribution is -2.54. The monoisotopic (exact) mass is 1600 g/mol. The highest BCUT2D eigenvalue weighted by molar-refractivity contribution is 8.03. The van der Waals surface area contributed by atoms with Gasteiger partial charge in [0.25, 0.3) is 17.7 Å². The van der Waals surface area contributed by atoms with Gasteiger partial charge in [0, 0.05) is 150 Å². The van der Waals surface area contributed by atoms with Crippen molar-refractivity contribution in [2.45, 2.75) is 81.3 Å². The number of alkyl halides is 1. The number of carbonyl (C=O) groups excluding carboxylic acids is 8. The van der Waals surface area contributed by atoms with Gasteiger partial charge in [-0.05, 0) is 153 Å². The van der Waals surface area contributed by atoms with Crippen molar-refractivity contribution in [3.63, 3.8) is 0 Å². The second-order valence-corrected chi connectivity index (χ2v) is 31.7. The van der Waals surface area contributed by atoms with Crippen molar-refractivity contribution >= 4 is 133 Å². The van der Waals surface area contributed by atoms with Crippen molar-refractivity contribution in [1.29, 1.82) is 0 Å². The van der Waals surface area contributed by atoms with Crippen LogP contribution in [0.15, 0.2) is 168 Å². The number of hydrogen-bond acceptors (Lipinski definition) is 19. The summed E-state index contributed by atoms with van der Waals surface area (Å²) < 4.78 is 23.9. The van der Waals surface area contributed by atoms with Gasteiger partial charge in [-0.1, -0.05) is 68.5 Å². The number of amides is 9. The molecule has 2 bridgehead atoms. The molecule has 9 amide bonds. The molecule has 8 aromatic rings. The minimum Gasteiger partial charge on any atom is -0.492 e. The first-order valence-corrected chi connectivity index (χ1v) is 40.7. The predicted octanol–water partition coefficient (Wildman–Crippen LogP) is 11.3. The summed E-state index contributed by atoms with van der Waals surface area (Å²) >= 11 is 10.1. The molecule has 596 valence electrons. The number of ether oxygens (including phenoxy) is 4. The zero-order chi connectivity index (χ0) is 79.9. The van der Waals surface area contributed by atoms with E-state index in [1.54, 1.807) is 125 Å². The number of H-pyrrole nitrogens is 1. The van der Waals surface area contributed by atoms with Gasteiger partial charge >= 0.3 is 18.2 Å². The molecular weight excluding hydrogens is 1510 g/mol. The Kier molecular flexibility index (Phi) is 27.0. The van der Waals surface area contributed by atoms with Crippen LogP contribution in [0.25, 0.3) is 32.7 Å². The fourth-order valence-electron chi connectivity index (χ4n) is 14.5. The van der Waals surface area contributed by atoms with Crippen molar-refractivity contribution in [1.82, 2.24) is 55.8 Å². The molecule has 0 spiro atoms. The second kappa shape index (κ2) is 37.9. The molecule has 0 radical (unpaired) electrons. The molecule has 2 saturated heterocycles. The molecule has 5 atom stereocenters. The number of aromatic amines is 1. The van der Waals surface area contributed by atoms with Crippen LogP contribution >= 0.6 is 35.1 Å². The number of allylic oxidation sites excluding steroid dienone is 6. The maximum Gasteiger partial charge on any atom is 0.415 e. The van der Waals surface area contributed by atoms with E-state index in [4.69, 9.17) is 46.3 Å². The van der Waals surface area contributed by atoms with Crippen LogP contribution in [-0.4, -0.2) is 212 Å². The van der Waals surface area contributed by atoms with Crippen LogP contribution in [0.1, 0.15) is 92.7 Å². The molecule has 27 nitrogen and oxygen atoms in total. The van der Waals surface area contributed by atoms with E-state index in [9.17, 15) is 38.4 Å². The van der Waals surface area contributed by atoms with E-state index in [0.29, 0.717) is 136 Å². The van der Waals surface area contributed by atoms with Gasteiger partial charge in [0.15, 0.2) is 0 Å². The lowest BCUT2D eigenvalue weighted by Gasteiger charge is -2.31. The Balaban J connectivity index is 0.615. The molecule has 5 aliphatic rings. The Morgan fingerprint density at radius 3 is 2.25 bits per heavy atom. The summed E-state index contributed by atoms with van der Waals surface area (Å²) in [6.07, 6.45) is 12.1. The number of thioether (sulfide) groups is 2. The number of fused-ring (bicyclic) bond motifs is 7. The Morgan fingerprint density at radius 1 is 0.754 bits per heavy atom. The highest BCUT2D eigenvalue weighted by Gasteiger charge is 2.42. The molecule has 0 saturated carbocycles. The first-order chi connectivity index (χ1) is 55.2. The molecule has 6 heterocycles. The van der Waals surface area contributed by atoms with Crippen molar-refractivity contribution in [2.24, 2.45) is 11.7 Å². The lowest BCUT2D eigenvalue weighted by molar-refractivity contribution is -0.128. The number of carbonyl (C=O) groups is 8. The third-order valence-corrected chi connectivity index (χ3v) is 22.9. The fourth-order valence-corrected chi connectivity index (χ4v) is 16.7. The molecule has 2 aromatic heterocycles. The molecule has 9 N–H and O–H groups in total. The van der Waals surface area contributed by atoms with Crippen molar-refractivity contribution < 1.29 is 57.3 Å². The second-order valence-electron chi connectivity index (χ2n) is 29.3. The van der Waals surface area contributed by atoms with E-state index in [0.717, 1.165) is 38.7 Å². The average Bonchev–Trinajstić information content (AvgIpc) is 1.57. The summed E-state index contributed by atoms with van der Waals surface area (Å²) in [6, 6.07) is 32.3. The standard InChI is InChI=1S/C84H94ClN15O12S2/c1-51(2)76(87-30-31-88-77(101)54-21-27-67-69(39-54)94-72-50-114-63-13-8-6-7-12-62(42-63)113-49-71(72)93-67)80(104)95-68(16-11-29-89-82(86)106)79(103)90-57-22-17-52(18-23-57)48-111-83(107)97(5)46-60-41-59(98-33-35-109-36-34-98)47-99(60)84(108)112-74-43-73-75(65-15-10-9-14-64(65)74)56(44-85)45-100(73)81(105)70-40-55-38-58(24-28-66(55)92-70)91-78(102)53-19-25-61(26-20-53)110-37-32-96(3)4/h6-10,12-15,17-28,38-40,42-43,51,56,59-60,68,76,87,92H,11,16,29-37,41,44-50H2,1-5H3,(H,88,101)(H,90,103)(H,91,102)(H,95,104)(H3,86,89,106)/b7-6+,8-6?,12-7?,13-8-,62-12+,62-42?,63-13?,63-42-/t56-,59-,60+,68-,76-/m1/s1. The molecule has 114 heavy (non-hydrogen) atoms. The largest absolute Gasteiger partial charge is 0.492 e. The SMILES string of the molecule is CC(C)[C@@H](NCCNC(=O)c1ccc2nc3c(nc2c1)CSC1=C\C(=C/C=C/C=C\1)SC3)C(=O)N[C@H](CCCNC(N)=O)C(=O)Nc1ccc(COC(=O)N(C)C[C@@H]2C[C@@H](N3CCOCC3)CN2C(=O)Oc2cc3c(c4ccccc24)[C@H](CCl)CN3C(=O)c2cc3cc(NC(=O)c4ccc(OCCN(C)C)cc4)ccc3[nH]2)cc1. The highest BCUT2D eigenvalue weighted by atomic mass is 35.5. The summed E-state index contributed by atoms with van der Waals surface area (Å²) in [5, 5.41) is 19.7. The summed E-state index contributed by atoms with van der Waals surface area (Å²) in [6.45, 7) is 8.53. The Hall–Kier alpha value is -10.8. The fraction of sp³-hybridized carbons (Fsp3) is 0.357. The number of halogens is 1. The van der Waals surface area contributed by atoms with Crippen LogP contribution in [-0.2, 0) is 37.2 Å². The quantitative estimate of drug-likeness (QED) is 0.0167. The number of likely N-dealkylation sites (tertiary alicyclic amines) is 1. The Bertz CT molecular complexity index is 5030. The first-order valence-electron chi connectivity index (χ1n) is 38.2. The maximum atomic E-state index is 15.0. The Labute approximate surface area is 674 Å². The topological polar surface area (TPSA) is 329 Å². The van der Waals surface area contributed by atoms with Crippen LogP contribution in [0.4, 0.5) is 31.4 Å². The van der Waals surface area contributed by atoms with Gasteiger partial charge in [0.05, 0.1) is 53.4 Å². The number of likely N-dealkylation sites (N-methyl/N-ethyl adjacent to an activating group) is 2. The van der Waals surface area contributed by atoms with Crippen LogP contribution < -0.4 is 52.0 Å². The van der Waals surface area contributed by atoms with Crippen LogP contribution in [0, 0.1) is 5.92 Å². The number of hydrogen-bond donors (Lipinski definition) is 8. The van der Waals surface area contributed by atoms with Gasteiger partial charge in [-0.3, -0.25) is 28.9 Å². The number of urea groups is 1. The number of nitrogens with one attached hydrogen (secondary N) is 7. The molecule has 2 fully saturated rings. The lowest BCUT2D eigenvalue weighted by atomic mass is 9.95. The van der Waals surface area contributed by atoms with Gasteiger partial charge in [0.1, 0.15) is 36.4 Å². The van der Waals surface area contributed by atoms with E-state index in [-0.39, 0.29) is 93.0 Å². The summed E-state index contributed by atoms with van der Waals surface area (Å²) in [5.74, 6) is 0.0221. The minimum absolute atomic E-state index is 0.0745. The third kappa shape index (κ3) is 20.4. The smallest absolute Gasteiger partial charge is 0.415 e. The van der Waals surface area contributed by atoms with Gasteiger partial charge in [-0.2, -0.15) is 0 Å². The summed E-state index contributed by atoms with van der Waals surface area (Å²) in [7, 11) is 5.55. The molecule has 13 rings (SSSR count). The third-order valence-electron chi connectivity index (χ3n) is 20.5. The van der Waals surface area contributed by atoms with Crippen LogP contribution in [0.2, 0.25) is 0 Å². The Morgan fingerprint density at radius 2 is 1.50 bits per heavy atom. The van der Waals surface area contributed by atoms with Crippen molar-refractivity contribution in [2.75, 3.05) is 121 Å². The molecule has 4 aliphatic heterocycles. The van der Waals surface area contributed by atoms with Gasteiger partial charge in [-0.25, -0.2) is 24.4 Å². The molecule has 6 aromatic carbocycles. The molecular formula is C84H94ClN15O12S2. The van der Waals surface area contributed by atoms with Crippen LogP contribution in [0.3, 0.4) is 0 Å². The molecule has 1 aliphatic carbocycles. The van der Waals surface area contributed by atoms with Gasteiger partial charge < -0.3 is 81.2 Å². The molecule has 30 heteroatoms. The number of nitrogens with zero attached hydrogens (tertiary/aromatic N) is 7. The number of anilines is 3.